The third kappa shape index (κ3) is 3.26. The average molecular weight is 417 g/mol. The maximum atomic E-state index is 11.6. The van der Waals surface area contributed by atoms with Gasteiger partial charge in [-0.1, -0.05) is 58.4 Å². The third-order valence-electron chi connectivity index (χ3n) is 10.0. The van der Waals surface area contributed by atoms with Gasteiger partial charge in [0.1, 0.15) is 11.7 Å². The van der Waals surface area contributed by atoms with Crippen LogP contribution in [0, 0.1) is 40.4 Å². The largest absolute Gasteiger partial charge is 0.393 e. The van der Waals surface area contributed by atoms with Gasteiger partial charge in [0.05, 0.1) is 6.10 Å². The summed E-state index contributed by atoms with van der Waals surface area (Å²) in [6, 6.07) is 0. The van der Waals surface area contributed by atoms with Crippen molar-refractivity contribution in [3.8, 4) is 0 Å². The van der Waals surface area contributed by atoms with Gasteiger partial charge in [-0.3, -0.25) is 0 Å². The van der Waals surface area contributed by atoms with E-state index in [1.807, 2.05) is 6.08 Å². The standard InChI is InChI=1S/C27H44O3/c1-17(2)7-6-8-18(3)21-9-10-22-20-15-24(29)27(30)16-19(28)11-14-26(27,5)23(20)12-13-25(21,22)4/h6,8,15,17-19,21-24,28-30H,7,9-14,16H2,1-5H3/b8-6+/t18?,19-,21?,22?,23?,24+,25+,26+,27-/m0/s1. The lowest BCUT2D eigenvalue weighted by Crippen LogP contribution is -2.65. The van der Waals surface area contributed by atoms with Crippen molar-refractivity contribution >= 4 is 0 Å². The Balaban J connectivity index is 1.62. The lowest BCUT2D eigenvalue weighted by molar-refractivity contribution is -0.210. The van der Waals surface area contributed by atoms with Crippen LogP contribution >= 0.6 is 0 Å². The molecule has 0 radical (unpaired) electrons. The molecule has 3 saturated carbocycles. The van der Waals surface area contributed by atoms with Crippen LogP contribution in [0.5, 0.6) is 0 Å². The number of hydrogen-bond donors (Lipinski definition) is 3. The summed E-state index contributed by atoms with van der Waals surface area (Å²) in [5, 5.41) is 32.9. The number of aliphatic hydroxyl groups is 3. The molecule has 0 aromatic heterocycles. The summed E-state index contributed by atoms with van der Waals surface area (Å²) >= 11 is 0. The van der Waals surface area contributed by atoms with Crippen LogP contribution in [0.4, 0.5) is 0 Å². The molecule has 4 rings (SSSR count). The lowest BCUT2D eigenvalue weighted by Gasteiger charge is -2.62. The Bertz CT molecular complexity index is 711. The predicted octanol–water partition coefficient (Wildman–Crippen LogP) is 5.25. The number of hydrogen-bond acceptors (Lipinski definition) is 3. The fraction of sp³-hybridized carbons (Fsp3) is 0.852. The van der Waals surface area contributed by atoms with Gasteiger partial charge in [0.2, 0.25) is 0 Å². The number of fused-ring (bicyclic) bond motifs is 5. The molecule has 170 valence electrons. The fourth-order valence-corrected chi connectivity index (χ4v) is 8.15. The molecule has 0 aliphatic heterocycles. The first-order chi connectivity index (χ1) is 14.0. The number of rotatable bonds is 4. The zero-order chi connectivity index (χ0) is 21.9. The zero-order valence-electron chi connectivity index (χ0n) is 19.8. The second kappa shape index (κ2) is 7.74. The summed E-state index contributed by atoms with van der Waals surface area (Å²) in [5.41, 5.74) is 0.180. The van der Waals surface area contributed by atoms with Crippen LogP contribution in [0.1, 0.15) is 86.0 Å². The van der Waals surface area contributed by atoms with Crippen molar-refractivity contribution in [2.75, 3.05) is 0 Å². The number of allylic oxidation sites excluding steroid dienone is 3. The van der Waals surface area contributed by atoms with Gasteiger partial charge in [-0.2, -0.15) is 0 Å². The zero-order valence-corrected chi connectivity index (χ0v) is 19.8. The second-order valence-corrected chi connectivity index (χ2v) is 12.1. The van der Waals surface area contributed by atoms with E-state index in [0.717, 1.165) is 25.7 Å². The Morgan fingerprint density at radius 3 is 2.47 bits per heavy atom. The van der Waals surface area contributed by atoms with Gasteiger partial charge in [-0.25, -0.2) is 0 Å². The molecule has 3 heteroatoms. The third-order valence-corrected chi connectivity index (χ3v) is 10.0. The first-order valence-corrected chi connectivity index (χ1v) is 12.5. The van der Waals surface area contributed by atoms with Gasteiger partial charge in [0.15, 0.2) is 0 Å². The molecule has 0 aromatic rings. The Morgan fingerprint density at radius 1 is 1.03 bits per heavy atom. The average Bonchev–Trinajstić information content (AvgIpc) is 3.01. The highest BCUT2D eigenvalue weighted by Crippen LogP contribution is 2.67. The van der Waals surface area contributed by atoms with Crippen molar-refractivity contribution in [2.24, 2.45) is 40.4 Å². The van der Waals surface area contributed by atoms with E-state index in [1.54, 1.807) is 0 Å². The van der Waals surface area contributed by atoms with Crippen molar-refractivity contribution in [3.63, 3.8) is 0 Å². The molecule has 0 heterocycles. The van der Waals surface area contributed by atoms with E-state index in [4.69, 9.17) is 0 Å². The molecule has 0 bridgehead atoms. The van der Waals surface area contributed by atoms with E-state index in [1.165, 1.54) is 24.8 Å². The first-order valence-electron chi connectivity index (χ1n) is 12.5. The van der Waals surface area contributed by atoms with E-state index < -0.39 is 17.8 Å². The van der Waals surface area contributed by atoms with E-state index in [9.17, 15) is 15.3 Å². The van der Waals surface area contributed by atoms with Crippen LogP contribution in [0.2, 0.25) is 0 Å². The van der Waals surface area contributed by atoms with Gasteiger partial charge in [-0.05, 0) is 80.0 Å². The summed E-state index contributed by atoms with van der Waals surface area (Å²) in [4.78, 5) is 0. The minimum atomic E-state index is -1.20. The van der Waals surface area contributed by atoms with Crippen LogP contribution < -0.4 is 0 Å². The quantitative estimate of drug-likeness (QED) is 0.549. The van der Waals surface area contributed by atoms with Crippen molar-refractivity contribution < 1.29 is 15.3 Å². The topological polar surface area (TPSA) is 60.7 Å². The van der Waals surface area contributed by atoms with Crippen molar-refractivity contribution in [3.05, 3.63) is 23.8 Å². The summed E-state index contributed by atoms with van der Waals surface area (Å²) in [7, 11) is 0. The van der Waals surface area contributed by atoms with Gasteiger partial charge in [-0.15, -0.1) is 0 Å². The smallest absolute Gasteiger partial charge is 0.102 e. The van der Waals surface area contributed by atoms with Gasteiger partial charge in [0.25, 0.3) is 0 Å². The Labute approximate surface area is 183 Å². The maximum Gasteiger partial charge on any atom is 0.102 e. The van der Waals surface area contributed by atoms with Crippen molar-refractivity contribution in [2.45, 2.75) is 104 Å². The molecule has 4 unspecified atom stereocenters. The van der Waals surface area contributed by atoms with E-state index in [-0.39, 0.29) is 10.8 Å². The summed E-state index contributed by atoms with van der Waals surface area (Å²) < 4.78 is 0. The normalized spacial score (nSPS) is 49.5. The summed E-state index contributed by atoms with van der Waals surface area (Å²) in [6.07, 6.45) is 13.2. The molecule has 4 aliphatic rings. The molecule has 0 aromatic carbocycles. The SMILES string of the molecule is CC(C)C/C=C/C(C)C1CCC2C3=C[C@@H](O)[C@@]4(O)C[C@@H](O)CC[C@]4(C)C3CC[C@@]21C. The fourth-order valence-electron chi connectivity index (χ4n) is 8.15. The van der Waals surface area contributed by atoms with Crippen LogP contribution in [0.3, 0.4) is 0 Å². The van der Waals surface area contributed by atoms with Gasteiger partial charge < -0.3 is 15.3 Å². The summed E-state index contributed by atoms with van der Waals surface area (Å²) in [5.74, 6) is 2.83. The molecule has 30 heavy (non-hydrogen) atoms. The summed E-state index contributed by atoms with van der Waals surface area (Å²) in [6.45, 7) is 11.6. The van der Waals surface area contributed by atoms with Crippen LogP contribution in [0.15, 0.2) is 23.8 Å². The molecule has 3 N–H and O–H groups in total. The minimum absolute atomic E-state index is 0.281. The monoisotopic (exact) mass is 416 g/mol. The van der Waals surface area contributed by atoms with Crippen molar-refractivity contribution in [1.82, 2.24) is 0 Å². The molecule has 3 fully saturated rings. The first kappa shape index (κ1) is 22.6. The predicted molar refractivity (Wildman–Crippen MR) is 122 cm³/mol. The Hall–Kier alpha value is -0.640. The highest BCUT2D eigenvalue weighted by atomic mass is 16.3. The minimum Gasteiger partial charge on any atom is -0.393 e. The highest BCUT2D eigenvalue weighted by Gasteiger charge is 2.64. The van der Waals surface area contributed by atoms with E-state index in [2.05, 4.69) is 46.8 Å². The Morgan fingerprint density at radius 2 is 1.77 bits per heavy atom. The van der Waals surface area contributed by atoms with Gasteiger partial charge >= 0.3 is 0 Å². The second-order valence-electron chi connectivity index (χ2n) is 12.1. The molecule has 9 atom stereocenters. The van der Waals surface area contributed by atoms with Crippen molar-refractivity contribution in [1.29, 1.82) is 0 Å². The molecule has 4 aliphatic carbocycles. The van der Waals surface area contributed by atoms with Crippen LogP contribution in [-0.2, 0) is 0 Å². The molecule has 0 amide bonds. The molecular weight excluding hydrogens is 372 g/mol. The highest BCUT2D eigenvalue weighted by molar-refractivity contribution is 5.33. The number of aliphatic hydroxyl groups excluding tert-OH is 2. The molecule has 0 saturated heterocycles. The van der Waals surface area contributed by atoms with Gasteiger partial charge in [0, 0.05) is 11.8 Å². The van der Waals surface area contributed by atoms with E-state index >= 15 is 0 Å². The molecule has 3 nitrogen and oxygen atoms in total. The van der Waals surface area contributed by atoms with Crippen LogP contribution in [-0.4, -0.2) is 33.1 Å². The van der Waals surface area contributed by atoms with E-state index in [0.29, 0.717) is 36.0 Å². The lowest BCUT2D eigenvalue weighted by atomic mass is 9.45. The maximum absolute atomic E-state index is 11.6. The molecule has 0 spiro atoms. The molecular formula is C27H44O3. The Kier molecular flexibility index (Phi) is 5.82. The van der Waals surface area contributed by atoms with Crippen LogP contribution in [0.25, 0.3) is 0 Å².